The number of amides is 1. The molecular weight excluding hydrogens is 632 g/mol. The van der Waals surface area contributed by atoms with E-state index in [0.717, 1.165) is 24.3 Å². The molecule has 3 rings (SSSR count). The Morgan fingerprint density at radius 2 is 1.15 bits per heavy atom. The minimum atomic E-state index is -4.87. The third-order valence-corrected chi connectivity index (χ3v) is 5.74. The first kappa shape index (κ1) is 31.1. The van der Waals surface area contributed by atoms with Crippen LogP contribution in [0, 0.1) is 0 Å². The largest absolute Gasteiger partial charge is 0.478 e. The molecule has 0 radical (unpaired) electrons. The molecule has 41 heavy (non-hydrogen) atoms. The number of carbonyl (C=O) groups excluding carboxylic acids is 3. The molecule has 216 valence electrons. The number of alkyl halides is 6. The summed E-state index contributed by atoms with van der Waals surface area (Å²) in [5.74, 6) is -6.65. The molecule has 0 fully saturated rings. The van der Waals surface area contributed by atoms with Crippen LogP contribution in [0.1, 0.15) is 31.8 Å². The van der Waals surface area contributed by atoms with Crippen molar-refractivity contribution in [3.8, 4) is 0 Å². The Balaban J connectivity index is 1.96. The summed E-state index contributed by atoms with van der Waals surface area (Å²) in [5.41, 5.74) is -3.95. The number of hydrogen-bond donors (Lipinski definition) is 2. The van der Waals surface area contributed by atoms with Crippen LogP contribution in [0.3, 0.4) is 0 Å². The zero-order valence-electron chi connectivity index (χ0n) is 20.1. The van der Waals surface area contributed by atoms with Gasteiger partial charge in [-0.1, -0.05) is 28.1 Å². The van der Waals surface area contributed by atoms with Crippen molar-refractivity contribution in [1.82, 2.24) is 0 Å². The van der Waals surface area contributed by atoms with Crippen molar-refractivity contribution in [2.45, 2.75) is 24.6 Å². The normalized spacial score (nSPS) is 13.0. The number of rotatable bonds is 8. The monoisotopic (exact) mass is 647 g/mol. The summed E-state index contributed by atoms with van der Waals surface area (Å²) in [7, 11) is 0. The maximum Gasteiger partial charge on any atom is 0.416 e. The van der Waals surface area contributed by atoms with Gasteiger partial charge < -0.3 is 19.9 Å². The van der Waals surface area contributed by atoms with Crippen LogP contribution >= 0.6 is 15.9 Å². The van der Waals surface area contributed by atoms with Gasteiger partial charge in [-0.2, -0.15) is 26.3 Å². The van der Waals surface area contributed by atoms with Crippen molar-refractivity contribution >= 4 is 45.4 Å². The molecule has 0 heterocycles. The van der Waals surface area contributed by atoms with Gasteiger partial charge in [0.15, 0.2) is 0 Å². The average Bonchev–Trinajstić information content (AvgIpc) is 2.90. The maximum atomic E-state index is 13.1. The summed E-state index contributed by atoms with van der Waals surface area (Å²) in [6.45, 7) is 0. The number of hydrogen-bond acceptors (Lipinski definition) is 6. The third kappa shape index (κ3) is 8.30. The van der Waals surface area contributed by atoms with Crippen molar-refractivity contribution in [3.63, 3.8) is 0 Å². The van der Waals surface area contributed by atoms with Gasteiger partial charge in [-0.05, 0) is 60.7 Å². The number of esters is 2. The van der Waals surface area contributed by atoms with Gasteiger partial charge in [-0.25, -0.2) is 14.4 Å². The van der Waals surface area contributed by atoms with Crippen LogP contribution in [0.2, 0.25) is 0 Å². The van der Waals surface area contributed by atoms with Crippen molar-refractivity contribution in [3.05, 3.63) is 99.5 Å². The number of halogens is 7. The molecule has 3 aromatic rings. The summed E-state index contributed by atoms with van der Waals surface area (Å²) in [5, 5.41) is 11.9. The number of ether oxygens (including phenoxy) is 2. The van der Waals surface area contributed by atoms with Gasteiger partial charge in [0.25, 0.3) is 5.91 Å². The lowest BCUT2D eigenvalue weighted by Crippen LogP contribution is -2.48. The highest BCUT2D eigenvalue weighted by Crippen LogP contribution is 2.31. The second kappa shape index (κ2) is 12.4. The molecule has 2 atom stereocenters. The first-order valence-electron chi connectivity index (χ1n) is 11.1. The van der Waals surface area contributed by atoms with Crippen molar-refractivity contribution in [2.24, 2.45) is 0 Å². The van der Waals surface area contributed by atoms with Gasteiger partial charge in [0.2, 0.25) is 12.2 Å². The van der Waals surface area contributed by atoms with Gasteiger partial charge in [0.05, 0.1) is 22.3 Å². The van der Waals surface area contributed by atoms with Crippen LogP contribution < -0.4 is 5.32 Å². The molecule has 0 unspecified atom stereocenters. The second-order valence-electron chi connectivity index (χ2n) is 8.14. The fourth-order valence-electron chi connectivity index (χ4n) is 3.25. The molecular formula is C26H16BrF6NO7. The number of nitrogens with one attached hydrogen (secondary N) is 1. The molecule has 1 amide bonds. The smallest absolute Gasteiger partial charge is 0.416 e. The van der Waals surface area contributed by atoms with Gasteiger partial charge in [-0.3, -0.25) is 4.79 Å². The maximum absolute atomic E-state index is 13.1. The molecule has 3 aromatic carbocycles. The molecule has 8 nitrogen and oxygen atoms in total. The fraction of sp³-hybridized carbons (Fsp3) is 0.154. The zero-order valence-corrected chi connectivity index (χ0v) is 21.7. The van der Waals surface area contributed by atoms with E-state index in [1.54, 1.807) is 0 Å². The van der Waals surface area contributed by atoms with Crippen LogP contribution in [-0.4, -0.2) is 41.1 Å². The molecule has 0 saturated carbocycles. The zero-order chi connectivity index (χ0) is 30.5. The number of aliphatic carboxylic acids is 1. The number of benzene rings is 3. The van der Waals surface area contributed by atoms with E-state index >= 15 is 0 Å². The van der Waals surface area contributed by atoms with Gasteiger partial charge >= 0.3 is 30.3 Å². The molecule has 0 aliphatic rings. The summed E-state index contributed by atoms with van der Waals surface area (Å²) >= 11 is 3.16. The average molecular weight is 648 g/mol. The molecule has 0 bridgehead atoms. The number of anilines is 1. The molecule has 0 saturated heterocycles. The van der Waals surface area contributed by atoms with E-state index < -0.39 is 70.6 Å². The summed E-state index contributed by atoms with van der Waals surface area (Å²) < 4.78 is 88.8. The quantitative estimate of drug-likeness (QED) is 0.229. The van der Waals surface area contributed by atoms with E-state index in [-0.39, 0.29) is 5.69 Å². The fourth-order valence-corrected chi connectivity index (χ4v) is 3.52. The standard InChI is InChI=1S/C26H16BrF6NO7/c27-17-7-9-18(10-8-17)34-21(35)19(40-23(38)13-3-1-5-15(11-13)25(28,29)30)20(22(36)37)41-24(39)14-4-2-6-16(12-14)26(31,32)33/h1-12,19-20H,(H,34,35)(H,36,37)/t19-,20-/m0/s1. The third-order valence-electron chi connectivity index (χ3n) is 5.21. The van der Waals surface area contributed by atoms with Crippen LogP contribution in [-0.2, 0) is 31.4 Å². The molecule has 15 heteroatoms. The molecule has 0 aliphatic carbocycles. The van der Waals surface area contributed by atoms with Gasteiger partial charge in [0, 0.05) is 10.2 Å². The molecule has 0 spiro atoms. The van der Waals surface area contributed by atoms with E-state index in [1.807, 2.05) is 0 Å². The van der Waals surface area contributed by atoms with Gasteiger partial charge in [0.1, 0.15) is 0 Å². The van der Waals surface area contributed by atoms with Crippen LogP contribution in [0.5, 0.6) is 0 Å². The Bertz CT molecular complexity index is 1460. The predicted molar refractivity (Wildman–Crippen MR) is 132 cm³/mol. The van der Waals surface area contributed by atoms with Crippen LogP contribution in [0.25, 0.3) is 0 Å². The molecule has 0 aromatic heterocycles. The summed E-state index contributed by atoms with van der Waals surface area (Å²) in [4.78, 5) is 50.5. The highest BCUT2D eigenvalue weighted by molar-refractivity contribution is 9.10. The van der Waals surface area contributed by atoms with E-state index in [9.17, 15) is 50.6 Å². The van der Waals surface area contributed by atoms with E-state index in [1.165, 1.54) is 24.3 Å². The van der Waals surface area contributed by atoms with Crippen LogP contribution in [0.15, 0.2) is 77.3 Å². The number of carboxylic acid groups (broad SMARTS) is 1. The molecule has 0 aliphatic heterocycles. The van der Waals surface area contributed by atoms with Crippen molar-refractivity contribution in [1.29, 1.82) is 0 Å². The first-order valence-corrected chi connectivity index (χ1v) is 11.9. The lowest BCUT2D eigenvalue weighted by atomic mass is 10.1. The highest BCUT2D eigenvalue weighted by Gasteiger charge is 2.42. The number of carboxylic acids is 1. The second-order valence-corrected chi connectivity index (χ2v) is 9.06. The SMILES string of the molecule is O=C(O[C@H](C(=O)O)[C@H](OC(=O)c1cccc(C(F)(F)F)c1)C(=O)Nc1ccc(Br)cc1)c1cccc(C(F)(F)F)c1. The Kier molecular flexibility index (Phi) is 9.42. The summed E-state index contributed by atoms with van der Waals surface area (Å²) in [6.07, 6.45) is -14.9. The van der Waals surface area contributed by atoms with Gasteiger partial charge in [-0.15, -0.1) is 0 Å². The topological polar surface area (TPSA) is 119 Å². The van der Waals surface area contributed by atoms with Crippen LogP contribution in [0.4, 0.5) is 32.0 Å². The predicted octanol–water partition coefficient (Wildman–Crippen LogP) is 5.96. The highest BCUT2D eigenvalue weighted by atomic mass is 79.9. The Morgan fingerprint density at radius 3 is 1.56 bits per heavy atom. The first-order chi connectivity index (χ1) is 19.1. The Hall–Kier alpha value is -4.40. The lowest BCUT2D eigenvalue weighted by molar-refractivity contribution is -0.157. The van der Waals surface area contributed by atoms with E-state index in [0.29, 0.717) is 28.7 Å². The number of carbonyl (C=O) groups is 4. The minimum Gasteiger partial charge on any atom is -0.478 e. The Labute approximate surface area is 235 Å². The minimum absolute atomic E-state index is 0.0478. The van der Waals surface area contributed by atoms with E-state index in [2.05, 4.69) is 21.2 Å². The van der Waals surface area contributed by atoms with Crippen molar-refractivity contribution < 1.29 is 60.1 Å². The van der Waals surface area contributed by atoms with Crippen molar-refractivity contribution in [2.75, 3.05) is 5.32 Å². The van der Waals surface area contributed by atoms with E-state index in [4.69, 9.17) is 9.47 Å². The molecule has 2 N–H and O–H groups in total. The lowest BCUT2D eigenvalue weighted by Gasteiger charge is -2.24. The summed E-state index contributed by atoms with van der Waals surface area (Å²) in [6, 6.07) is 11.2. The Morgan fingerprint density at radius 1 is 0.707 bits per heavy atom.